The van der Waals surface area contributed by atoms with Gasteiger partial charge in [-0.2, -0.15) is 0 Å². The first-order valence-corrected chi connectivity index (χ1v) is 10.00. The molecule has 2 saturated carbocycles. The molecule has 110 valence electrons. The minimum Gasteiger partial charge on any atom is -0.384 e. The molecule has 3 rings (SSSR count). The van der Waals surface area contributed by atoms with Gasteiger partial charge in [0.1, 0.15) is 11.4 Å². The van der Waals surface area contributed by atoms with E-state index in [1.165, 1.54) is 12.0 Å². The van der Waals surface area contributed by atoms with Crippen molar-refractivity contribution in [2.45, 2.75) is 37.7 Å². The topological polar surface area (TPSA) is 20.2 Å². The van der Waals surface area contributed by atoms with Crippen molar-refractivity contribution in [1.82, 2.24) is 0 Å². The zero-order chi connectivity index (χ0) is 14.5. The molecule has 0 radical (unpaired) electrons. The Bertz CT molecular complexity index is 500. The van der Waals surface area contributed by atoms with Crippen LogP contribution in [0.4, 0.5) is 0 Å². The second-order valence-electron chi connectivity index (χ2n) is 6.96. The van der Waals surface area contributed by atoms with Gasteiger partial charge in [0.05, 0.1) is 12.5 Å². The molecule has 0 heterocycles. The number of hydrogen-bond acceptors (Lipinski definition) is 1. The molecule has 1 N–H and O–H groups in total. The highest BCUT2D eigenvalue weighted by molar-refractivity contribution is 7.95. The molecule has 0 bridgehead atoms. The van der Waals surface area contributed by atoms with E-state index in [9.17, 15) is 5.11 Å². The zero-order valence-electron chi connectivity index (χ0n) is 12.5. The molecule has 4 atom stereocenters. The number of aliphatic hydroxyl groups is 1. The number of rotatable bonds is 3. The normalized spacial score (nSPS) is 39.7. The maximum Gasteiger partial charge on any atom is 0.137 e. The molecular weight excluding hydrogens is 288 g/mol. The summed E-state index contributed by atoms with van der Waals surface area (Å²) < 4.78 is 0. The molecule has 0 aromatic heterocycles. The molecule has 2 fully saturated rings. The van der Waals surface area contributed by atoms with Crippen LogP contribution in [0.25, 0.3) is 0 Å². The van der Waals surface area contributed by atoms with Gasteiger partial charge in [-0.15, -0.1) is 0 Å². The lowest BCUT2D eigenvalue weighted by molar-refractivity contribution is -0.0229. The fraction of sp³-hybridized carbons (Fsp3) is 0.647. The molecule has 2 aliphatic rings. The molecule has 0 aliphatic heterocycles. The van der Waals surface area contributed by atoms with Crippen molar-refractivity contribution in [3.63, 3.8) is 0 Å². The van der Waals surface area contributed by atoms with Gasteiger partial charge in [0.2, 0.25) is 0 Å². The average molecular weight is 312 g/mol. The largest absolute Gasteiger partial charge is 0.384 e. The summed E-state index contributed by atoms with van der Waals surface area (Å²) in [7, 11) is 0.282. The maximum absolute atomic E-state index is 11.4. The van der Waals surface area contributed by atoms with Gasteiger partial charge in [-0.3, -0.25) is 0 Å². The Kier molecular flexibility index (Phi) is 3.63. The third-order valence-electron chi connectivity index (χ3n) is 5.56. The van der Waals surface area contributed by atoms with Crippen LogP contribution in [0.1, 0.15) is 37.7 Å². The van der Waals surface area contributed by atoms with Crippen LogP contribution >= 0.6 is 11.6 Å². The van der Waals surface area contributed by atoms with Crippen molar-refractivity contribution in [2.75, 3.05) is 18.3 Å². The van der Waals surface area contributed by atoms with Crippen molar-refractivity contribution in [1.29, 1.82) is 0 Å². The molecule has 3 heteroatoms. The minimum absolute atomic E-state index is 0.136. The van der Waals surface area contributed by atoms with Crippen LogP contribution in [0, 0.1) is 11.3 Å². The van der Waals surface area contributed by atoms with Gasteiger partial charge in [-0.05, 0) is 59.7 Å². The summed E-state index contributed by atoms with van der Waals surface area (Å²) in [5.41, 5.74) is 1.02. The molecular formula is C17H24ClOS+. The molecule has 4 unspecified atom stereocenters. The molecule has 20 heavy (non-hydrogen) atoms. The van der Waals surface area contributed by atoms with Gasteiger partial charge in [0.25, 0.3) is 0 Å². The predicted molar refractivity (Wildman–Crippen MR) is 88.7 cm³/mol. The number of benzene rings is 1. The van der Waals surface area contributed by atoms with Crippen LogP contribution in [0.15, 0.2) is 24.3 Å². The van der Waals surface area contributed by atoms with Crippen molar-refractivity contribution < 1.29 is 5.11 Å². The van der Waals surface area contributed by atoms with Gasteiger partial charge in [0, 0.05) is 10.4 Å². The van der Waals surface area contributed by atoms with Crippen LogP contribution in [0.3, 0.4) is 0 Å². The van der Waals surface area contributed by atoms with Gasteiger partial charge >= 0.3 is 0 Å². The predicted octanol–water partition coefficient (Wildman–Crippen LogP) is 3.85. The first-order valence-electron chi connectivity index (χ1n) is 7.41. The summed E-state index contributed by atoms with van der Waals surface area (Å²) in [6.07, 6.45) is 7.98. The highest BCUT2D eigenvalue weighted by Gasteiger charge is 2.72. The van der Waals surface area contributed by atoms with E-state index >= 15 is 0 Å². The number of halogens is 1. The Hall–Kier alpha value is -0.180. The third kappa shape index (κ3) is 2.12. The van der Waals surface area contributed by atoms with Crippen molar-refractivity contribution in [3.05, 3.63) is 34.9 Å². The third-order valence-corrected chi connectivity index (χ3v) is 6.83. The standard InChI is InChI=1S/C17H24ClOS/c1-12-8-9-16(17(12,19)11-20(2)3)10-15(16)13-4-6-14(18)7-5-13/h4-7,12,15,19H,8-11H2,1-3H3/q+1. The van der Waals surface area contributed by atoms with Crippen LogP contribution in [0.2, 0.25) is 5.02 Å². The van der Waals surface area contributed by atoms with Gasteiger partial charge in [-0.1, -0.05) is 30.7 Å². The monoisotopic (exact) mass is 311 g/mol. The lowest BCUT2D eigenvalue weighted by atomic mass is 9.81. The first-order chi connectivity index (χ1) is 9.39. The fourth-order valence-corrected chi connectivity index (χ4v) is 5.92. The Morgan fingerprint density at radius 2 is 1.95 bits per heavy atom. The Morgan fingerprint density at radius 1 is 1.30 bits per heavy atom. The molecule has 1 spiro atoms. The summed E-state index contributed by atoms with van der Waals surface area (Å²) in [5, 5.41) is 12.2. The van der Waals surface area contributed by atoms with Crippen LogP contribution < -0.4 is 0 Å². The lowest BCUT2D eigenvalue weighted by Gasteiger charge is -2.33. The van der Waals surface area contributed by atoms with Crippen LogP contribution in [0.5, 0.6) is 0 Å². The highest BCUT2D eigenvalue weighted by Crippen LogP contribution is 2.73. The quantitative estimate of drug-likeness (QED) is 0.841. The Balaban J connectivity index is 1.88. The van der Waals surface area contributed by atoms with E-state index in [1.54, 1.807) is 0 Å². The minimum atomic E-state index is -0.468. The van der Waals surface area contributed by atoms with Gasteiger partial charge in [0.15, 0.2) is 0 Å². The second kappa shape index (κ2) is 4.93. The van der Waals surface area contributed by atoms with E-state index in [4.69, 9.17) is 11.6 Å². The first kappa shape index (κ1) is 14.7. The van der Waals surface area contributed by atoms with Crippen molar-refractivity contribution >= 4 is 22.5 Å². The maximum atomic E-state index is 11.4. The van der Waals surface area contributed by atoms with Crippen molar-refractivity contribution in [2.24, 2.45) is 11.3 Å². The van der Waals surface area contributed by atoms with Gasteiger partial charge < -0.3 is 5.11 Å². The van der Waals surface area contributed by atoms with E-state index in [2.05, 4.69) is 31.6 Å². The summed E-state index contributed by atoms with van der Waals surface area (Å²) in [5.74, 6) is 1.91. The second-order valence-corrected chi connectivity index (χ2v) is 9.65. The Morgan fingerprint density at radius 3 is 2.55 bits per heavy atom. The van der Waals surface area contributed by atoms with Crippen LogP contribution in [-0.4, -0.2) is 29.0 Å². The summed E-state index contributed by atoms with van der Waals surface area (Å²) in [6.45, 7) is 2.23. The number of hydrogen-bond donors (Lipinski definition) is 1. The van der Waals surface area contributed by atoms with E-state index < -0.39 is 5.60 Å². The summed E-state index contributed by atoms with van der Waals surface area (Å²) in [4.78, 5) is 0. The van der Waals surface area contributed by atoms with E-state index in [1.807, 2.05) is 12.1 Å². The molecule has 1 aromatic carbocycles. The molecule has 0 saturated heterocycles. The van der Waals surface area contributed by atoms with E-state index in [0.29, 0.717) is 11.8 Å². The molecule has 0 amide bonds. The Labute approximate surface area is 130 Å². The fourth-order valence-electron chi connectivity index (χ4n) is 4.34. The zero-order valence-corrected chi connectivity index (χ0v) is 14.1. The highest BCUT2D eigenvalue weighted by atomic mass is 35.5. The molecule has 1 aromatic rings. The smallest absolute Gasteiger partial charge is 0.137 e. The SMILES string of the molecule is CC1CCC2(CC2c2ccc(Cl)cc2)C1(O)C[S+](C)C. The summed E-state index contributed by atoms with van der Waals surface area (Å²) in [6, 6.07) is 8.24. The average Bonchev–Trinajstić information content (AvgIpc) is 3.07. The molecule has 1 nitrogen and oxygen atoms in total. The van der Waals surface area contributed by atoms with Crippen LogP contribution in [-0.2, 0) is 10.9 Å². The molecule has 2 aliphatic carbocycles. The van der Waals surface area contributed by atoms with E-state index in [-0.39, 0.29) is 16.3 Å². The van der Waals surface area contributed by atoms with E-state index in [0.717, 1.165) is 23.6 Å². The summed E-state index contributed by atoms with van der Waals surface area (Å²) >= 11 is 5.99. The van der Waals surface area contributed by atoms with Crippen molar-refractivity contribution in [3.8, 4) is 0 Å². The lowest BCUT2D eigenvalue weighted by Crippen LogP contribution is -2.46. The van der Waals surface area contributed by atoms with Gasteiger partial charge in [-0.25, -0.2) is 0 Å².